The third kappa shape index (κ3) is 3.67. The monoisotopic (exact) mass is 477 g/mol. The van der Waals surface area contributed by atoms with Gasteiger partial charge in [0.2, 0.25) is 0 Å². The summed E-state index contributed by atoms with van der Waals surface area (Å²) in [6.07, 6.45) is 7.01. The van der Waals surface area contributed by atoms with Gasteiger partial charge < -0.3 is 5.11 Å². The molecule has 0 bridgehead atoms. The van der Waals surface area contributed by atoms with Crippen molar-refractivity contribution in [2.75, 3.05) is 0 Å². The molecule has 3 aromatic rings. The van der Waals surface area contributed by atoms with E-state index in [2.05, 4.69) is 23.3 Å². The van der Waals surface area contributed by atoms with Gasteiger partial charge in [0.1, 0.15) is 28.9 Å². The van der Waals surface area contributed by atoms with Crippen LogP contribution in [-0.2, 0) is 17.8 Å². The van der Waals surface area contributed by atoms with E-state index in [1.54, 1.807) is 16.9 Å². The van der Waals surface area contributed by atoms with Gasteiger partial charge in [0.05, 0.1) is 6.20 Å². The van der Waals surface area contributed by atoms with Crippen LogP contribution >= 0.6 is 0 Å². The Bertz CT molecular complexity index is 1310. The van der Waals surface area contributed by atoms with Crippen LogP contribution in [0.25, 0.3) is 11.3 Å². The Labute approximate surface area is 203 Å². The summed E-state index contributed by atoms with van der Waals surface area (Å²) in [6.45, 7) is 2.77. The molecule has 0 radical (unpaired) electrons. The van der Waals surface area contributed by atoms with Crippen molar-refractivity contribution < 1.29 is 18.7 Å². The van der Waals surface area contributed by atoms with Gasteiger partial charge in [0.25, 0.3) is 0 Å². The van der Waals surface area contributed by atoms with Crippen LogP contribution in [0.1, 0.15) is 56.1 Å². The van der Waals surface area contributed by atoms with Crippen molar-refractivity contribution in [2.45, 2.75) is 57.9 Å². The third-order valence-electron chi connectivity index (χ3n) is 9.03. The van der Waals surface area contributed by atoms with E-state index >= 15 is 0 Å². The SMILES string of the molecule is C[C@]12CC[C@@H]3c4ccc(O)cc4CC[C@H]3[C@@H]1[C@H](CCn1cc(-c3ccc(F)cc3F)nn1)CC2=O. The van der Waals surface area contributed by atoms with Crippen molar-refractivity contribution >= 4 is 5.78 Å². The molecule has 2 fully saturated rings. The fourth-order valence-electron chi connectivity index (χ4n) is 7.42. The Morgan fingerprint density at radius 1 is 1.17 bits per heavy atom. The standard InChI is InChI=1S/C28H29F2N3O2/c1-28-10-8-21-20-7-4-19(34)12-16(20)2-5-22(21)27(28)17(13-26(28)35)9-11-33-15-25(31-32-33)23-6-3-18(29)14-24(23)30/h3-4,6-7,12,14-15,17,21-22,27,34H,2,5,8-11,13H2,1H3/t17-,21-,22-,27+,28-/m1/s1. The molecule has 1 heterocycles. The second kappa shape index (κ2) is 8.25. The summed E-state index contributed by atoms with van der Waals surface area (Å²) in [6, 6.07) is 9.22. The van der Waals surface area contributed by atoms with Gasteiger partial charge in [-0.15, -0.1) is 5.10 Å². The molecule has 2 saturated carbocycles. The predicted molar refractivity (Wildman–Crippen MR) is 127 cm³/mol. The first-order valence-electron chi connectivity index (χ1n) is 12.5. The molecule has 0 aliphatic heterocycles. The van der Waals surface area contributed by atoms with Gasteiger partial charge in [-0.05, 0) is 91.2 Å². The van der Waals surface area contributed by atoms with Crippen molar-refractivity contribution in [1.82, 2.24) is 15.0 Å². The number of phenols is 1. The van der Waals surface area contributed by atoms with Gasteiger partial charge in [-0.25, -0.2) is 8.78 Å². The normalized spacial score (nSPS) is 29.5. The number of ketones is 1. The highest BCUT2D eigenvalue weighted by Crippen LogP contribution is 2.62. The van der Waals surface area contributed by atoms with Crippen molar-refractivity contribution in [3.63, 3.8) is 0 Å². The van der Waals surface area contributed by atoms with Crippen molar-refractivity contribution in [3.8, 4) is 17.0 Å². The fourth-order valence-corrected chi connectivity index (χ4v) is 7.42. The van der Waals surface area contributed by atoms with Gasteiger partial charge in [0.15, 0.2) is 0 Å². The third-order valence-corrected chi connectivity index (χ3v) is 9.03. The highest BCUT2D eigenvalue weighted by Gasteiger charge is 2.58. The Balaban J connectivity index is 1.22. The highest BCUT2D eigenvalue weighted by molar-refractivity contribution is 5.87. The number of halogens is 2. The summed E-state index contributed by atoms with van der Waals surface area (Å²) < 4.78 is 29.1. The van der Waals surface area contributed by atoms with Crippen molar-refractivity contribution in [2.24, 2.45) is 23.2 Å². The average molecular weight is 478 g/mol. The van der Waals surface area contributed by atoms with E-state index in [1.165, 1.54) is 23.3 Å². The van der Waals surface area contributed by atoms with Crippen molar-refractivity contribution in [3.05, 3.63) is 65.4 Å². The zero-order chi connectivity index (χ0) is 24.3. The molecular formula is C28H29F2N3O2. The lowest BCUT2D eigenvalue weighted by Crippen LogP contribution is -2.44. The molecule has 1 aromatic heterocycles. The maximum absolute atomic E-state index is 14.2. The molecule has 0 unspecified atom stereocenters. The second-order valence-electron chi connectivity index (χ2n) is 10.8. The number of aromatic nitrogens is 3. The van der Waals surface area contributed by atoms with E-state index in [4.69, 9.17) is 0 Å². The van der Waals surface area contributed by atoms with Crippen LogP contribution in [0.3, 0.4) is 0 Å². The second-order valence-corrected chi connectivity index (χ2v) is 10.8. The number of Topliss-reactive ketones (excluding diaryl/α,β-unsaturated/α-hetero) is 1. The minimum atomic E-state index is -0.659. The predicted octanol–water partition coefficient (Wildman–Crippen LogP) is 5.67. The average Bonchev–Trinajstić information content (AvgIpc) is 3.39. The van der Waals surface area contributed by atoms with Gasteiger partial charge >= 0.3 is 0 Å². The summed E-state index contributed by atoms with van der Waals surface area (Å²) in [5.41, 5.74) is 2.92. The van der Waals surface area contributed by atoms with Gasteiger partial charge in [-0.1, -0.05) is 18.2 Å². The van der Waals surface area contributed by atoms with E-state index < -0.39 is 11.6 Å². The van der Waals surface area contributed by atoms with Crippen LogP contribution in [0.5, 0.6) is 5.75 Å². The first-order valence-corrected chi connectivity index (χ1v) is 12.5. The summed E-state index contributed by atoms with van der Waals surface area (Å²) in [7, 11) is 0. The summed E-state index contributed by atoms with van der Waals surface area (Å²) in [5.74, 6) is 0.919. The number of hydrogen-bond donors (Lipinski definition) is 1. The Morgan fingerprint density at radius 3 is 2.86 bits per heavy atom. The first kappa shape index (κ1) is 22.4. The van der Waals surface area contributed by atoms with E-state index in [0.717, 1.165) is 38.2 Å². The van der Waals surface area contributed by atoms with Gasteiger partial charge in [-0.2, -0.15) is 0 Å². The maximum atomic E-state index is 14.2. The summed E-state index contributed by atoms with van der Waals surface area (Å²) >= 11 is 0. The van der Waals surface area contributed by atoms with Crippen LogP contribution in [-0.4, -0.2) is 25.9 Å². The number of carbonyl (C=O) groups excluding carboxylic acids is 1. The number of benzene rings is 2. The molecular weight excluding hydrogens is 448 g/mol. The van der Waals surface area contributed by atoms with Crippen LogP contribution in [0.4, 0.5) is 8.78 Å². The molecule has 5 atom stereocenters. The number of nitrogens with zero attached hydrogens (tertiary/aromatic N) is 3. The minimum absolute atomic E-state index is 0.225. The molecule has 3 aliphatic rings. The molecule has 5 nitrogen and oxygen atoms in total. The molecule has 35 heavy (non-hydrogen) atoms. The number of aryl methyl sites for hydroxylation is 2. The number of phenolic OH excluding ortho intramolecular Hbond substituents is 1. The van der Waals surface area contributed by atoms with E-state index in [-0.39, 0.29) is 16.9 Å². The Kier molecular flexibility index (Phi) is 5.27. The molecule has 6 rings (SSSR count). The number of carbonyl (C=O) groups is 1. The smallest absolute Gasteiger partial charge is 0.139 e. The Morgan fingerprint density at radius 2 is 2.03 bits per heavy atom. The zero-order valence-electron chi connectivity index (χ0n) is 19.8. The van der Waals surface area contributed by atoms with E-state index in [1.807, 2.05) is 6.07 Å². The molecule has 0 saturated heterocycles. The van der Waals surface area contributed by atoms with Crippen LogP contribution in [0.2, 0.25) is 0 Å². The molecule has 0 amide bonds. The number of fused-ring (bicyclic) bond motifs is 5. The lowest BCUT2D eigenvalue weighted by atomic mass is 9.54. The maximum Gasteiger partial charge on any atom is 0.139 e. The zero-order valence-corrected chi connectivity index (χ0v) is 19.8. The van der Waals surface area contributed by atoms with E-state index in [0.29, 0.717) is 47.9 Å². The first-order chi connectivity index (χ1) is 16.8. The quantitative estimate of drug-likeness (QED) is 0.526. The van der Waals surface area contributed by atoms with Crippen LogP contribution < -0.4 is 0 Å². The van der Waals surface area contributed by atoms with Crippen LogP contribution in [0.15, 0.2) is 42.6 Å². The van der Waals surface area contributed by atoms with Gasteiger partial charge in [-0.3, -0.25) is 9.48 Å². The lowest BCUT2D eigenvalue weighted by molar-refractivity contribution is -0.129. The Hall–Kier alpha value is -3.09. The molecule has 1 N–H and O–H groups in total. The lowest BCUT2D eigenvalue weighted by Gasteiger charge is -2.50. The topological polar surface area (TPSA) is 68.0 Å². The van der Waals surface area contributed by atoms with Crippen molar-refractivity contribution in [1.29, 1.82) is 0 Å². The van der Waals surface area contributed by atoms with Crippen LogP contribution in [0, 0.1) is 34.8 Å². The highest BCUT2D eigenvalue weighted by atomic mass is 19.1. The van der Waals surface area contributed by atoms with E-state index in [9.17, 15) is 18.7 Å². The molecule has 182 valence electrons. The summed E-state index contributed by atoms with van der Waals surface area (Å²) in [4.78, 5) is 13.2. The summed E-state index contributed by atoms with van der Waals surface area (Å²) in [5, 5.41) is 18.2. The largest absolute Gasteiger partial charge is 0.508 e. The molecule has 0 spiro atoms. The number of hydrogen-bond acceptors (Lipinski definition) is 4. The fraction of sp³-hybridized carbons (Fsp3) is 0.464. The molecule has 2 aromatic carbocycles. The number of aromatic hydroxyl groups is 1. The minimum Gasteiger partial charge on any atom is -0.508 e. The van der Waals surface area contributed by atoms with Gasteiger partial charge in [0, 0.05) is 30.0 Å². The molecule has 7 heteroatoms. The molecule has 3 aliphatic carbocycles. The number of rotatable bonds is 4.